The number of aryl methyl sites for hydroxylation is 1. The van der Waals surface area contributed by atoms with Crippen LogP contribution in [0.4, 0.5) is 5.82 Å². The molecule has 1 aliphatic carbocycles. The second kappa shape index (κ2) is 6.70. The average Bonchev–Trinajstić information content (AvgIpc) is 3.24. The van der Waals surface area contributed by atoms with E-state index < -0.39 is 5.97 Å². The zero-order chi connectivity index (χ0) is 14.5. The van der Waals surface area contributed by atoms with Crippen molar-refractivity contribution in [2.24, 2.45) is 0 Å². The van der Waals surface area contributed by atoms with E-state index in [2.05, 4.69) is 16.8 Å². The zero-order valence-corrected chi connectivity index (χ0v) is 12.1. The highest BCUT2D eigenvalue weighted by molar-refractivity contribution is 5.88. The smallest absolute Gasteiger partial charge is 0.335 e. The van der Waals surface area contributed by atoms with Crippen molar-refractivity contribution in [1.82, 2.24) is 4.98 Å². The van der Waals surface area contributed by atoms with Crippen LogP contribution < -0.4 is 4.90 Å². The van der Waals surface area contributed by atoms with Gasteiger partial charge in [-0.25, -0.2) is 9.78 Å². The van der Waals surface area contributed by atoms with Crippen LogP contribution in [-0.4, -0.2) is 42.4 Å². The SMILES string of the molecule is CCCc1cc(C(=O)O)cc(N(CCOC)C2CC2)n1. The van der Waals surface area contributed by atoms with E-state index in [1.165, 1.54) is 0 Å². The Morgan fingerprint density at radius 1 is 1.50 bits per heavy atom. The van der Waals surface area contributed by atoms with Crippen LogP contribution in [-0.2, 0) is 11.2 Å². The summed E-state index contributed by atoms with van der Waals surface area (Å²) in [4.78, 5) is 18.1. The van der Waals surface area contributed by atoms with E-state index in [4.69, 9.17) is 4.74 Å². The number of aromatic carboxylic acids is 1. The lowest BCUT2D eigenvalue weighted by Gasteiger charge is -2.24. The molecular formula is C15H22N2O3. The number of carboxylic acid groups (broad SMARTS) is 1. The van der Waals surface area contributed by atoms with Crippen LogP contribution in [0.5, 0.6) is 0 Å². The molecule has 0 amide bonds. The second-order valence-electron chi connectivity index (χ2n) is 5.18. The molecule has 0 aliphatic heterocycles. The third kappa shape index (κ3) is 3.70. The Kier molecular flexibility index (Phi) is 4.95. The second-order valence-corrected chi connectivity index (χ2v) is 5.18. The van der Waals surface area contributed by atoms with Crippen molar-refractivity contribution in [3.8, 4) is 0 Å². The Hall–Kier alpha value is -1.62. The average molecular weight is 278 g/mol. The molecule has 1 fully saturated rings. The van der Waals surface area contributed by atoms with Gasteiger partial charge in [-0.2, -0.15) is 0 Å². The summed E-state index contributed by atoms with van der Waals surface area (Å²) in [6.45, 7) is 3.44. The van der Waals surface area contributed by atoms with E-state index in [9.17, 15) is 9.90 Å². The monoisotopic (exact) mass is 278 g/mol. The number of ether oxygens (including phenoxy) is 1. The van der Waals surface area contributed by atoms with Gasteiger partial charge in [-0.15, -0.1) is 0 Å². The molecule has 0 aromatic carbocycles. The molecule has 0 saturated heterocycles. The largest absolute Gasteiger partial charge is 0.478 e. The van der Waals surface area contributed by atoms with E-state index in [0.29, 0.717) is 18.2 Å². The molecule has 110 valence electrons. The fourth-order valence-corrected chi connectivity index (χ4v) is 2.29. The van der Waals surface area contributed by atoms with Gasteiger partial charge in [0.2, 0.25) is 0 Å². The summed E-state index contributed by atoms with van der Waals surface area (Å²) in [6, 6.07) is 3.84. The molecule has 20 heavy (non-hydrogen) atoms. The van der Waals surface area contributed by atoms with Gasteiger partial charge >= 0.3 is 5.97 Å². The van der Waals surface area contributed by atoms with Gasteiger partial charge in [0.05, 0.1) is 12.2 Å². The number of pyridine rings is 1. The quantitative estimate of drug-likeness (QED) is 0.791. The van der Waals surface area contributed by atoms with Gasteiger partial charge in [-0.05, 0) is 31.4 Å². The van der Waals surface area contributed by atoms with E-state index in [0.717, 1.165) is 43.7 Å². The highest BCUT2D eigenvalue weighted by Crippen LogP contribution is 2.31. The molecule has 1 aliphatic rings. The molecule has 1 N–H and O–H groups in total. The first-order chi connectivity index (χ1) is 9.65. The van der Waals surface area contributed by atoms with Gasteiger partial charge in [0.15, 0.2) is 0 Å². The Balaban J connectivity index is 2.28. The molecule has 5 heteroatoms. The Bertz CT molecular complexity index is 472. The van der Waals surface area contributed by atoms with Gasteiger partial charge in [0.25, 0.3) is 0 Å². The number of methoxy groups -OCH3 is 1. The standard InChI is InChI=1S/C15H22N2O3/c1-3-4-12-9-11(15(18)19)10-14(16-12)17(7-8-20-2)13-5-6-13/h9-10,13H,3-8H2,1-2H3,(H,18,19). The summed E-state index contributed by atoms with van der Waals surface area (Å²) in [5, 5.41) is 9.24. The van der Waals surface area contributed by atoms with E-state index in [1.54, 1.807) is 19.2 Å². The molecule has 5 nitrogen and oxygen atoms in total. The summed E-state index contributed by atoms with van der Waals surface area (Å²) in [7, 11) is 1.68. The van der Waals surface area contributed by atoms with Crippen molar-refractivity contribution in [2.45, 2.75) is 38.6 Å². The summed E-state index contributed by atoms with van der Waals surface area (Å²) >= 11 is 0. The number of rotatable bonds is 8. The third-order valence-corrected chi connectivity index (χ3v) is 3.44. The first-order valence-electron chi connectivity index (χ1n) is 7.15. The molecule has 0 bridgehead atoms. The van der Waals surface area contributed by atoms with Crippen LogP contribution in [0, 0.1) is 0 Å². The number of aromatic nitrogens is 1. The molecule has 0 unspecified atom stereocenters. The van der Waals surface area contributed by atoms with Crippen LogP contribution in [0.2, 0.25) is 0 Å². The predicted octanol–water partition coefficient (Wildman–Crippen LogP) is 2.35. The highest BCUT2D eigenvalue weighted by atomic mass is 16.5. The lowest BCUT2D eigenvalue weighted by molar-refractivity contribution is 0.0696. The van der Waals surface area contributed by atoms with Crippen molar-refractivity contribution >= 4 is 11.8 Å². The van der Waals surface area contributed by atoms with Gasteiger partial charge in [-0.3, -0.25) is 0 Å². The van der Waals surface area contributed by atoms with Gasteiger partial charge in [-0.1, -0.05) is 13.3 Å². The van der Waals surface area contributed by atoms with E-state index in [-0.39, 0.29) is 0 Å². The molecule has 1 aromatic rings. The van der Waals surface area contributed by atoms with Crippen molar-refractivity contribution in [3.63, 3.8) is 0 Å². The van der Waals surface area contributed by atoms with Crippen LogP contribution in [0.3, 0.4) is 0 Å². The maximum absolute atomic E-state index is 11.3. The highest BCUT2D eigenvalue weighted by Gasteiger charge is 2.30. The third-order valence-electron chi connectivity index (χ3n) is 3.44. The minimum atomic E-state index is -0.895. The first-order valence-corrected chi connectivity index (χ1v) is 7.15. The van der Waals surface area contributed by atoms with Crippen LogP contribution in [0.15, 0.2) is 12.1 Å². The summed E-state index contributed by atoms with van der Waals surface area (Å²) in [5.74, 6) is -0.124. The Labute approximate surface area is 119 Å². The van der Waals surface area contributed by atoms with Crippen LogP contribution in [0.1, 0.15) is 42.2 Å². The van der Waals surface area contributed by atoms with Gasteiger partial charge in [0, 0.05) is 25.4 Å². The summed E-state index contributed by atoms with van der Waals surface area (Å²) in [5.41, 5.74) is 1.17. The van der Waals surface area contributed by atoms with Crippen LogP contribution >= 0.6 is 0 Å². The number of carboxylic acids is 1. The minimum absolute atomic E-state index is 0.321. The minimum Gasteiger partial charge on any atom is -0.478 e. The van der Waals surface area contributed by atoms with Gasteiger partial charge in [0.1, 0.15) is 5.82 Å². The van der Waals surface area contributed by atoms with Crippen molar-refractivity contribution in [3.05, 3.63) is 23.4 Å². The topological polar surface area (TPSA) is 62.7 Å². The number of anilines is 1. The maximum Gasteiger partial charge on any atom is 0.335 e. The zero-order valence-electron chi connectivity index (χ0n) is 12.1. The number of hydrogen-bond acceptors (Lipinski definition) is 4. The van der Waals surface area contributed by atoms with Crippen molar-refractivity contribution in [2.75, 3.05) is 25.2 Å². The fourth-order valence-electron chi connectivity index (χ4n) is 2.29. The first kappa shape index (κ1) is 14.8. The molecule has 1 saturated carbocycles. The van der Waals surface area contributed by atoms with Crippen LogP contribution in [0.25, 0.3) is 0 Å². The molecule has 0 spiro atoms. The molecular weight excluding hydrogens is 256 g/mol. The number of carbonyl (C=O) groups is 1. The molecule has 1 heterocycles. The lowest BCUT2D eigenvalue weighted by atomic mass is 10.1. The normalized spacial score (nSPS) is 14.3. The van der Waals surface area contributed by atoms with Crippen molar-refractivity contribution < 1.29 is 14.6 Å². The summed E-state index contributed by atoms with van der Waals surface area (Å²) in [6.07, 6.45) is 4.05. The lowest BCUT2D eigenvalue weighted by Crippen LogP contribution is -2.30. The Morgan fingerprint density at radius 2 is 2.25 bits per heavy atom. The van der Waals surface area contributed by atoms with E-state index in [1.807, 2.05) is 0 Å². The predicted molar refractivity (Wildman–Crippen MR) is 77.4 cm³/mol. The van der Waals surface area contributed by atoms with Crippen molar-refractivity contribution in [1.29, 1.82) is 0 Å². The maximum atomic E-state index is 11.3. The number of nitrogens with zero attached hydrogens (tertiary/aromatic N) is 2. The Morgan fingerprint density at radius 3 is 2.80 bits per heavy atom. The summed E-state index contributed by atoms with van der Waals surface area (Å²) < 4.78 is 5.14. The fraction of sp³-hybridized carbons (Fsp3) is 0.600. The molecule has 1 aromatic heterocycles. The molecule has 0 radical (unpaired) electrons. The molecule has 2 rings (SSSR count). The molecule has 0 atom stereocenters. The van der Waals surface area contributed by atoms with Gasteiger partial charge < -0.3 is 14.7 Å². The van der Waals surface area contributed by atoms with E-state index >= 15 is 0 Å². The number of hydrogen-bond donors (Lipinski definition) is 1.